The molecule has 72 valence electrons. The van der Waals surface area contributed by atoms with Crippen LogP contribution >= 0.6 is 18.2 Å². The van der Waals surface area contributed by atoms with Gasteiger partial charge in [0.25, 0.3) is 0 Å². The maximum atomic E-state index is 12.9. The molecule has 0 aliphatic carbocycles. The molecule has 0 aromatic heterocycles. The van der Waals surface area contributed by atoms with Crippen LogP contribution in [0, 0.1) is 5.41 Å². The fourth-order valence-corrected chi connectivity index (χ4v) is 2.08. The molecular weight excluding hydrogens is 212 g/mol. The summed E-state index contributed by atoms with van der Waals surface area (Å²) >= 11 is 5.02. The van der Waals surface area contributed by atoms with E-state index in [-0.39, 0.29) is 0 Å². The van der Waals surface area contributed by atoms with Crippen molar-refractivity contribution >= 4 is 18.2 Å². The topological polar surface area (TPSA) is 35.5 Å². The molecule has 1 fully saturated rings. The number of hydrogen-bond acceptors (Lipinski definition) is 3. The van der Waals surface area contributed by atoms with E-state index < -0.39 is 25.1 Å². The lowest BCUT2D eigenvalue weighted by atomic mass is 9.94. The molecule has 12 heavy (non-hydrogen) atoms. The Kier molecular flexibility index (Phi) is 2.52. The maximum Gasteiger partial charge on any atom is 0.429 e. The smallest absolute Gasteiger partial charge is 0.261 e. The van der Waals surface area contributed by atoms with Gasteiger partial charge in [-0.05, 0) is 13.8 Å². The lowest BCUT2D eigenvalue weighted by Crippen LogP contribution is -2.41. The summed E-state index contributed by atoms with van der Waals surface area (Å²) in [5.41, 5.74) is -1.48. The van der Waals surface area contributed by atoms with Crippen molar-refractivity contribution < 1.29 is 22.4 Å². The van der Waals surface area contributed by atoms with E-state index >= 15 is 0 Å². The van der Waals surface area contributed by atoms with Crippen LogP contribution in [0.3, 0.4) is 0 Å². The molecule has 0 bridgehead atoms. The zero-order valence-corrected chi connectivity index (χ0v) is 8.11. The summed E-state index contributed by atoms with van der Waals surface area (Å²) in [7, 11) is 0. The number of hydrogen-bond donors (Lipinski definition) is 0. The predicted octanol–water partition coefficient (Wildman–Crippen LogP) is 3.00. The van der Waals surface area contributed by atoms with Crippen molar-refractivity contribution in [3.05, 3.63) is 0 Å². The number of alkyl halides is 2. The monoisotopic (exact) mass is 220 g/mol. The van der Waals surface area contributed by atoms with Gasteiger partial charge >= 0.3 is 6.95 Å². The summed E-state index contributed by atoms with van der Waals surface area (Å²) in [5.74, 6) is 0. The normalized spacial score (nSPS) is 47.4. The van der Waals surface area contributed by atoms with Crippen LogP contribution in [0.5, 0.6) is 0 Å². The second kappa shape index (κ2) is 2.91. The van der Waals surface area contributed by atoms with Crippen molar-refractivity contribution in [1.29, 1.82) is 0 Å². The van der Waals surface area contributed by atoms with Gasteiger partial charge in [-0.1, -0.05) is 0 Å². The first-order valence-corrected chi connectivity index (χ1v) is 5.65. The van der Waals surface area contributed by atoms with Gasteiger partial charge in [-0.2, -0.15) is 0 Å². The highest BCUT2D eigenvalue weighted by Crippen LogP contribution is 2.62. The van der Waals surface area contributed by atoms with Crippen LogP contribution in [0.15, 0.2) is 0 Å². The Morgan fingerprint density at radius 1 is 1.33 bits per heavy atom. The van der Waals surface area contributed by atoms with Crippen molar-refractivity contribution in [2.45, 2.75) is 26.6 Å². The Morgan fingerprint density at radius 2 is 1.67 bits per heavy atom. The minimum Gasteiger partial charge on any atom is -0.261 e. The van der Waals surface area contributed by atoms with Gasteiger partial charge in [0.05, 0.1) is 5.41 Å². The van der Waals surface area contributed by atoms with E-state index in [0.29, 0.717) is 0 Å². The van der Waals surface area contributed by atoms with Gasteiger partial charge < -0.3 is 0 Å². The Bertz CT molecular complexity index is 217. The molecule has 0 amide bonds. The summed E-state index contributed by atoms with van der Waals surface area (Å²) in [5, 5.41) is 0. The minimum atomic E-state index is -4.06. The Balaban J connectivity index is 2.85. The highest BCUT2D eigenvalue weighted by atomic mass is 35.7. The van der Waals surface area contributed by atoms with Crippen molar-refractivity contribution in [2.24, 2.45) is 5.41 Å². The highest BCUT2D eigenvalue weighted by Gasteiger charge is 2.51. The van der Waals surface area contributed by atoms with Gasteiger partial charge in [-0.15, -0.1) is 0 Å². The first-order valence-electron chi connectivity index (χ1n) is 3.20. The van der Waals surface area contributed by atoms with Gasteiger partial charge in [-0.25, -0.2) is 13.3 Å². The van der Waals surface area contributed by atoms with Gasteiger partial charge in [-0.3, -0.25) is 9.05 Å². The molecule has 0 N–H and O–H groups in total. The average Bonchev–Trinajstić information content (AvgIpc) is 1.82. The summed E-state index contributed by atoms with van der Waals surface area (Å²) in [6, 6.07) is 0. The summed E-state index contributed by atoms with van der Waals surface area (Å²) < 4.78 is 44.9. The first kappa shape index (κ1) is 10.4. The Labute approximate surface area is 73.3 Å². The standard InChI is InChI=1S/C5H8ClF2O3P/c1-5(2)3(7)10-12(6,9)11-4(5)8/h3-4H,1-2H3. The molecule has 1 aliphatic heterocycles. The highest BCUT2D eigenvalue weighted by molar-refractivity contribution is 7.81. The lowest BCUT2D eigenvalue weighted by Gasteiger charge is -2.36. The average molecular weight is 221 g/mol. The molecule has 1 heterocycles. The lowest BCUT2D eigenvalue weighted by molar-refractivity contribution is -0.175. The molecular formula is C5H8ClF2O3P. The quantitative estimate of drug-likeness (QED) is 0.589. The maximum absolute atomic E-state index is 12.9. The van der Waals surface area contributed by atoms with Gasteiger partial charge in [0.15, 0.2) is 0 Å². The van der Waals surface area contributed by atoms with E-state index in [2.05, 4.69) is 9.05 Å². The molecule has 1 rings (SSSR count). The van der Waals surface area contributed by atoms with E-state index in [4.69, 9.17) is 11.2 Å². The fourth-order valence-electron chi connectivity index (χ4n) is 0.621. The zero-order chi connectivity index (χ0) is 9.57. The zero-order valence-electron chi connectivity index (χ0n) is 6.46. The van der Waals surface area contributed by atoms with Crippen LogP contribution < -0.4 is 0 Å². The Hall–Kier alpha value is 0.300. The largest absolute Gasteiger partial charge is 0.429 e. The minimum absolute atomic E-state index is 1.25. The van der Waals surface area contributed by atoms with Gasteiger partial charge in [0.2, 0.25) is 12.7 Å². The van der Waals surface area contributed by atoms with E-state index in [0.717, 1.165) is 0 Å². The summed E-state index contributed by atoms with van der Waals surface area (Å²) in [6.45, 7) is -1.56. The third-order valence-corrected chi connectivity index (χ3v) is 2.96. The van der Waals surface area contributed by atoms with Crippen molar-refractivity contribution in [2.75, 3.05) is 0 Å². The molecule has 0 aromatic rings. The first-order chi connectivity index (χ1) is 5.26. The van der Waals surface area contributed by atoms with Crippen LogP contribution in [0.25, 0.3) is 0 Å². The fraction of sp³-hybridized carbons (Fsp3) is 1.00. The van der Waals surface area contributed by atoms with Crippen LogP contribution in [0.4, 0.5) is 8.78 Å². The molecule has 2 atom stereocenters. The Morgan fingerprint density at radius 3 is 2.00 bits per heavy atom. The molecule has 7 heteroatoms. The van der Waals surface area contributed by atoms with E-state index in [9.17, 15) is 13.3 Å². The van der Waals surface area contributed by atoms with Crippen molar-refractivity contribution in [3.63, 3.8) is 0 Å². The second-order valence-corrected chi connectivity index (χ2v) is 5.62. The van der Waals surface area contributed by atoms with Crippen molar-refractivity contribution in [1.82, 2.24) is 0 Å². The molecule has 0 radical (unpaired) electrons. The third-order valence-electron chi connectivity index (χ3n) is 1.61. The summed E-state index contributed by atoms with van der Waals surface area (Å²) in [4.78, 5) is 0. The van der Waals surface area contributed by atoms with E-state index in [1.165, 1.54) is 13.8 Å². The van der Waals surface area contributed by atoms with Gasteiger partial charge in [0.1, 0.15) is 0 Å². The van der Waals surface area contributed by atoms with Crippen LogP contribution in [0.2, 0.25) is 0 Å². The molecule has 2 unspecified atom stereocenters. The van der Waals surface area contributed by atoms with E-state index in [1.54, 1.807) is 0 Å². The van der Waals surface area contributed by atoms with Crippen molar-refractivity contribution in [3.8, 4) is 0 Å². The van der Waals surface area contributed by atoms with Crippen LogP contribution in [0.1, 0.15) is 13.8 Å². The van der Waals surface area contributed by atoms with Gasteiger partial charge in [0, 0.05) is 11.2 Å². The molecule has 0 spiro atoms. The third kappa shape index (κ3) is 1.79. The van der Waals surface area contributed by atoms with E-state index in [1.807, 2.05) is 0 Å². The molecule has 3 nitrogen and oxygen atoms in total. The van der Waals surface area contributed by atoms with Crippen LogP contribution in [-0.2, 0) is 13.6 Å². The van der Waals surface area contributed by atoms with Crippen LogP contribution in [-0.4, -0.2) is 12.7 Å². The number of rotatable bonds is 0. The number of halogens is 3. The SMILES string of the molecule is CC1(C)C(F)OP(=O)(Cl)OC1F. The predicted molar refractivity (Wildman–Crippen MR) is 39.2 cm³/mol. The molecule has 1 aliphatic rings. The molecule has 0 saturated carbocycles. The molecule has 1 saturated heterocycles. The summed E-state index contributed by atoms with van der Waals surface area (Å²) in [6.07, 6.45) is -4.05. The second-order valence-electron chi connectivity index (χ2n) is 3.09. The molecule has 0 aromatic carbocycles.